The third-order valence-electron chi connectivity index (χ3n) is 2.05. The first-order valence-corrected chi connectivity index (χ1v) is 4.53. The highest BCUT2D eigenvalue weighted by molar-refractivity contribution is 5.19. The normalized spacial score (nSPS) is 10.3. The van der Waals surface area contributed by atoms with Gasteiger partial charge in [0.1, 0.15) is 0 Å². The molecule has 0 aliphatic heterocycles. The van der Waals surface area contributed by atoms with Crippen molar-refractivity contribution in [1.82, 2.24) is 15.0 Å². The third kappa shape index (κ3) is 2.10. The number of aromatic nitrogens is 3. The molecule has 0 saturated heterocycles. The lowest BCUT2D eigenvalue weighted by molar-refractivity contribution is 0.919. The standard InChI is InChI=1S/C10H12N4/c11-10-13-7-9(14-10)4-3-8-2-1-5-12-6-8/h1-2,5-7H,3-4H2,(H3,11,13,14). The number of anilines is 1. The molecule has 0 radical (unpaired) electrons. The number of nitrogens with one attached hydrogen (secondary N) is 1. The highest BCUT2D eigenvalue weighted by atomic mass is 15.0. The van der Waals surface area contributed by atoms with E-state index in [4.69, 9.17) is 5.73 Å². The molecule has 0 aliphatic carbocycles. The van der Waals surface area contributed by atoms with Gasteiger partial charge in [0.25, 0.3) is 0 Å². The van der Waals surface area contributed by atoms with Crippen molar-refractivity contribution in [1.29, 1.82) is 0 Å². The Bertz CT molecular complexity index is 394. The van der Waals surface area contributed by atoms with Gasteiger partial charge < -0.3 is 10.7 Å². The number of nitrogens with two attached hydrogens (primary N) is 1. The third-order valence-corrected chi connectivity index (χ3v) is 2.05. The number of imidazole rings is 1. The van der Waals surface area contributed by atoms with Crippen molar-refractivity contribution in [2.75, 3.05) is 5.73 Å². The number of nitrogens with zero attached hydrogens (tertiary/aromatic N) is 2. The van der Waals surface area contributed by atoms with Gasteiger partial charge in [-0.05, 0) is 24.5 Å². The van der Waals surface area contributed by atoms with Crippen LogP contribution in [0.2, 0.25) is 0 Å². The van der Waals surface area contributed by atoms with E-state index < -0.39 is 0 Å². The maximum absolute atomic E-state index is 5.47. The fourth-order valence-electron chi connectivity index (χ4n) is 1.33. The lowest BCUT2D eigenvalue weighted by Crippen LogP contribution is -1.92. The molecular formula is C10H12N4. The molecule has 2 heterocycles. The molecule has 14 heavy (non-hydrogen) atoms. The van der Waals surface area contributed by atoms with E-state index in [9.17, 15) is 0 Å². The fraction of sp³-hybridized carbons (Fsp3) is 0.200. The van der Waals surface area contributed by atoms with E-state index in [2.05, 4.69) is 21.0 Å². The Morgan fingerprint density at radius 1 is 1.29 bits per heavy atom. The first kappa shape index (κ1) is 8.74. The van der Waals surface area contributed by atoms with E-state index in [0.29, 0.717) is 5.95 Å². The lowest BCUT2D eigenvalue weighted by atomic mass is 10.1. The van der Waals surface area contributed by atoms with Crippen LogP contribution >= 0.6 is 0 Å². The zero-order valence-electron chi connectivity index (χ0n) is 7.77. The Morgan fingerprint density at radius 2 is 2.21 bits per heavy atom. The van der Waals surface area contributed by atoms with Crippen LogP contribution in [0.25, 0.3) is 0 Å². The van der Waals surface area contributed by atoms with Crippen molar-refractivity contribution in [2.24, 2.45) is 0 Å². The summed E-state index contributed by atoms with van der Waals surface area (Å²) in [6, 6.07) is 4.00. The van der Waals surface area contributed by atoms with Crippen LogP contribution in [0.1, 0.15) is 11.3 Å². The van der Waals surface area contributed by atoms with Crippen molar-refractivity contribution in [3.63, 3.8) is 0 Å². The summed E-state index contributed by atoms with van der Waals surface area (Å²) in [6.45, 7) is 0. The topological polar surface area (TPSA) is 67.6 Å². The summed E-state index contributed by atoms with van der Waals surface area (Å²) < 4.78 is 0. The van der Waals surface area contributed by atoms with Gasteiger partial charge in [0.2, 0.25) is 0 Å². The smallest absolute Gasteiger partial charge is 0.197 e. The van der Waals surface area contributed by atoms with Crippen LogP contribution in [0, 0.1) is 0 Å². The molecule has 2 aromatic heterocycles. The van der Waals surface area contributed by atoms with Gasteiger partial charge in [-0.15, -0.1) is 0 Å². The van der Waals surface area contributed by atoms with Crippen LogP contribution in [-0.4, -0.2) is 15.0 Å². The highest BCUT2D eigenvalue weighted by Crippen LogP contribution is 2.04. The molecule has 2 rings (SSSR count). The van der Waals surface area contributed by atoms with Gasteiger partial charge in [0.15, 0.2) is 5.95 Å². The molecule has 0 amide bonds. The SMILES string of the molecule is Nc1ncc(CCc2cccnc2)[nH]1. The van der Waals surface area contributed by atoms with E-state index in [1.807, 2.05) is 12.3 Å². The molecule has 0 aliphatic rings. The second-order valence-electron chi connectivity index (χ2n) is 3.15. The maximum Gasteiger partial charge on any atom is 0.197 e. The van der Waals surface area contributed by atoms with E-state index in [-0.39, 0.29) is 0 Å². The molecule has 4 nitrogen and oxygen atoms in total. The van der Waals surface area contributed by atoms with Crippen LogP contribution in [0.15, 0.2) is 30.7 Å². The number of hydrogen-bond donors (Lipinski definition) is 2. The quantitative estimate of drug-likeness (QED) is 0.759. The molecule has 3 N–H and O–H groups in total. The van der Waals surface area contributed by atoms with Gasteiger partial charge in [-0.1, -0.05) is 6.07 Å². The van der Waals surface area contributed by atoms with Gasteiger partial charge >= 0.3 is 0 Å². The number of aryl methyl sites for hydroxylation is 2. The number of hydrogen-bond acceptors (Lipinski definition) is 3. The highest BCUT2D eigenvalue weighted by Gasteiger charge is 1.98. The predicted octanol–water partition coefficient (Wildman–Crippen LogP) is 1.17. The van der Waals surface area contributed by atoms with Gasteiger partial charge in [0.05, 0.1) is 6.20 Å². The van der Waals surface area contributed by atoms with Gasteiger partial charge in [-0.3, -0.25) is 4.98 Å². The number of H-pyrrole nitrogens is 1. The average molecular weight is 188 g/mol. The molecule has 0 saturated carbocycles. The van der Waals surface area contributed by atoms with Crippen molar-refractivity contribution in [3.8, 4) is 0 Å². The second kappa shape index (κ2) is 3.91. The summed E-state index contributed by atoms with van der Waals surface area (Å²) in [5.74, 6) is 0.478. The summed E-state index contributed by atoms with van der Waals surface area (Å²) >= 11 is 0. The van der Waals surface area contributed by atoms with E-state index in [1.165, 1.54) is 5.56 Å². The number of rotatable bonds is 3. The summed E-state index contributed by atoms with van der Waals surface area (Å²) in [5.41, 5.74) is 7.75. The minimum atomic E-state index is 0.478. The molecule has 2 aromatic rings. The molecule has 72 valence electrons. The zero-order valence-corrected chi connectivity index (χ0v) is 7.77. The molecule has 0 bridgehead atoms. The molecule has 0 atom stereocenters. The summed E-state index contributed by atoms with van der Waals surface area (Å²) in [6.07, 6.45) is 7.29. The molecule has 0 spiro atoms. The van der Waals surface area contributed by atoms with Crippen molar-refractivity contribution in [2.45, 2.75) is 12.8 Å². The molecule has 4 heteroatoms. The Morgan fingerprint density at radius 3 is 2.86 bits per heavy atom. The fourth-order valence-corrected chi connectivity index (χ4v) is 1.33. The Labute approximate surface area is 82.2 Å². The lowest BCUT2D eigenvalue weighted by Gasteiger charge is -1.97. The minimum Gasteiger partial charge on any atom is -0.369 e. The van der Waals surface area contributed by atoms with E-state index in [0.717, 1.165) is 18.5 Å². The second-order valence-corrected chi connectivity index (χ2v) is 3.15. The van der Waals surface area contributed by atoms with E-state index >= 15 is 0 Å². The Kier molecular flexibility index (Phi) is 2.44. The zero-order chi connectivity index (χ0) is 9.80. The van der Waals surface area contributed by atoms with Gasteiger partial charge in [-0.2, -0.15) is 0 Å². The minimum absolute atomic E-state index is 0.478. The number of nitrogen functional groups attached to an aromatic ring is 1. The summed E-state index contributed by atoms with van der Waals surface area (Å²) in [7, 11) is 0. The van der Waals surface area contributed by atoms with Crippen LogP contribution in [-0.2, 0) is 12.8 Å². The van der Waals surface area contributed by atoms with Crippen LogP contribution in [0.4, 0.5) is 5.95 Å². The Hall–Kier alpha value is -1.84. The average Bonchev–Trinajstić information content (AvgIpc) is 2.63. The summed E-state index contributed by atoms with van der Waals surface area (Å²) in [4.78, 5) is 11.0. The molecule has 0 fully saturated rings. The predicted molar refractivity (Wildman–Crippen MR) is 54.6 cm³/mol. The van der Waals surface area contributed by atoms with Gasteiger partial charge in [0, 0.05) is 18.1 Å². The van der Waals surface area contributed by atoms with Gasteiger partial charge in [-0.25, -0.2) is 4.98 Å². The Balaban J connectivity index is 1.95. The first-order valence-electron chi connectivity index (χ1n) is 4.53. The molecular weight excluding hydrogens is 176 g/mol. The molecule has 0 unspecified atom stereocenters. The van der Waals surface area contributed by atoms with Crippen LogP contribution in [0.5, 0.6) is 0 Å². The van der Waals surface area contributed by atoms with E-state index in [1.54, 1.807) is 12.4 Å². The number of pyridine rings is 1. The molecule has 0 aromatic carbocycles. The van der Waals surface area contributed by atoms with Crippen LogP contribution in [0.3, 0.4) is 0 Å². The first-order chi connectivity index (χ1) is 6.84. The summed E-state index contributed by atoms with van der Waals surface area (Å²) in [5, 5.41) is 0. The maximum atomic E-state index is 5.47. The largest absolute Gasteiger partial charge is 0.369 e. The van der Waals surface area contributed by atoms with Crippen LogP contribution < -0.4 is 5.73 Å². The monoisotopic (exact) mass is 188 g/mol. The van der Waals surface area contributed by atoms with Crippen molar-refractivity contribution >= 4 is 5.95 Å². The van der Waals surface area contributed by atoms with Crippen molar-refractivity contribution < 1.29 is 0 Å². The number of aromatic amines is 1. The van der Waals surface area contributed by atoms with Crippen molar-refractivity contribution in [3.05, 3.63) is 42.0 Å².